The first-order chi connectivity index (χ1) is 6.88. The summed E-state index contributed by atoms with van der Waals surface area (Å²) >= 11 is 0. The number of Topliss-reactive ketones (excluding diaryl/α,β-unsaturated/α-hetero) is 1. The molecule has 1 aromatic rings. The Labute approximate surface area is 84.7 Å². The van der Waals surface area contributed by atoms with Crippen molar-refractivity contribution in [3.8, 4) is 5.75 Å². The number of alkyl halides is 3. The number of methoxy groups -OCH3 is 1. The fourth-order valence-corrected chi connectivity index (χ4v) is 1.25. The van der Waals surface area contributed by atoms with Crippen LogP contribution in [0, 0.1) is 6.92 Å². The van der Waals surface area contributed by atoms with Gasteiger partial charge in [0, 0.05) is 0 Å². The van der Waals surface area contributed by atoms with Crippen molar-refractivity contribution in [1.29, 1.82) is 0 Å². The molecule has 0 bridgehead atoms. The van der Waals surface area contributed by atoms with Gasteiger partial charge in [-0.25, -0.2) is 0 Å². The zero-order chi connectivity index (χ0) is 11.6. The van der Waals surface area contributed by atoms with E-state index in [0.29, 0.717) is 5.56 Å². The largest absolute Gasteiger partial charge is 0.496 e. The lowest BCUT2D eigenvalue weighted by molar-refractivity contribution is -0.0886. The molecule has 0 spiro atoms. The second-order valence-corrected chi connectivity index (χ2v) is 2.98. The second kappa shape index (κ2) is 3.92. The molecule has 2 nitrogen and oxygen atoms in total. The summed E-state index contributed by atoms with van der Waals surface area (Å²) in [6.07, 6.45) is -4.87. The number of rotatable bonds is 2. The average Bonchev–Trinajstić information content (AvgIpc) is 2.14. The molecule has 5 heteroatoms. The summed E-state index contributed by atoms with van der Waals surface area (Å²) in [6.45, 7) is 1.58. The number of carbonyl (C=O) groups is 1. The Kier molecular flexibility index (Phi) is 3.02. The summed E-state index contributed by atoms with van der Waals surface area (Å²) in [5, 5.41) is 0. The van der Waals surface area contributed by atoms with Crippen LogP contribution in [0.5, 0.6) is 5.75 Å². The number of ketones is 1. The van der Waals surface area contributed by atoms with Crippen LogP contribution >= 0.6 is 0 Å². The molecule has 0 fully saturated rings. The number of benzene rings is 1. The number of para-hydroxylation sites is 1. The highest BCUT2D eigenvalue weighted by molar-refractivity contribution is 6.02. The third kappa shape index (κ3) is 2.29. The van der Waals surface area contributed by atoms with Gasteiger partial charge in [-0.05, 0) is 18.6 Å². The highest BCUT2D eigenvalue weighted by Crippen LogP contribution is 2.29. The van der Waals surface area contributed by atoms with E-state index in [2.05, 4.69) is 0 Å². The fourth-order valence-electron chi connectivity index (χ4n) is 1.25. The van der Waals surface area contributed by atoms with E-state index in [-0.39, 0.29) is 5.75 Å². The molecule has 0 radical (unpaired) electrons. The Morgan fingerprint density at radius 3 is 2.40 bits per heavy atom. The van der Waals surface area contributed by atoms with E-state index >= 15 is 0 Å². The summed E-state index contributed by atoms with van der Waals surface area (Å²) < 4.78 is 41.3. The smallest absolute Gasteiger partial charge is 0.455 e. The predicted octanol–water partition coefficient (Wildman–Crippen LogP) is 2.75. The maximum Gasteiger partial charge on any atom is 0.455 e. The summed E-state index contributed by atoms with van der Waals surface area (Å²) in [6, 6.07) is 4.06. The monoisotopic (exact) mass is 218 g/mol. The van der Waals surface area contributed by atoms with Gasteiger partial charge in [-0.3, -0.25) is 4.79 Å². The van der Waals surface area contributed by atoms with Crippen molar-refractivity contribution in [3.63, 3.8) is 0 Å². The van der Waals surface area contributed by atoms with Crippen molar-refractivity contribution < 1.29 is 22.7 Å². The molecule has 0 aliphatic heterocycles. The maximum atomic E-state index is 12.2. The Bertz CT molecular complexity index is 383. The topological polar surface area (TPSA) is 26.3 Å². The molecule has 0 aliphatic carbocycles. The third-order valence-corrected chi connectivity index (χ3v) is 1.92. The second-order valence-electron chi connectivity index (χ2n) is 2.98. The van der Waals surface area contributed by atoms with Crippen LogP contribution < -0.4 is 4.74 Å². The van der Waals surface area contributed by atoms with Crippen LogP contribution in [0.1, 0.15) is 15.9 Å². The number of aryl methyl sites for hydroxylation is 1. The maximum absolute atomic E-state index is 12.2. The van der Waals surface area contributed by atoms with Gasteiger partial charge in [-0.15, -0.1) is 0 Å². The quantitative estimate of drug-likeness (QED) is 0.713. The van der Waals surface area contributed by atoms with Crippen molar-refractivity contribution in [2.45, 2.75) is 13.1 Å². The van der Waals surface area contributed by atoms with Gasteiger partial charge < -0.3 is 4.74 Å². The molecule has 0 N–H and O–H groups in total. The Balaban J connectivity index is 3.26. The van der Waals surface area contributed by atoms with E-state index < -0.39 is 17.5 Å². The zero-order valence-corrected chi connectivity index (χ0v) is 8.18. The van der Waals surface area contributed by atoms with E-state index in [9.17, 15) is 18.0 Å². The van der Waals surface area contributed by atoms with Gasteiger partial charge in [0.25, 0.3) is 5.78 Å². The number of ether oxygens (including phenoxy) is 1. The molecule has 0 amide bonds. The number of hydrogen-bond donors (Lipinski definition) is 0. The molecule has 0 unspecified atom stereocenters. The molecule has 82 valence electrons. The van der Waals surface area contributed by atoms with Crippen molar-refractivity contribution in [3.05, 3.63) is 29.3 Å². The van der Waals surface area contributed by atoms with Crippen LogP contribution in [-0.4, -0.2) is 19.1 Å². The van der Waals surface area contributed by atoms with E-state index in [4.69, 9.17) is 4.74 Å². The van der Waals surface area contributed by atoms with Gasteiger partial charge in [0.15, 0.2) is 0 Å². The molecule has 0 aliphatic rings. The lowest BCUT2D eigenvalue weighted by atomic mass is 10.1. The van der Waals surface area contributed by atoms with Crippen molar-refractivity contribution >= 4 is 5.78 Å². The molecular weight excluding hydrogens is 209 g/mol. The van der Waals surface area contributed by atoms with E-state index in [0.717, 1.165) is 6.07 Å². The SMILES string of the molecule is COc1c(C)cccc1C(=O)C(F)(F)F. The fraction of sp³-hybridized carbons (Fsp3) is 0.300. The number of halogens is 3. The van der Waals surface area contributed by atoms with Gasteiger partial charge in [0.05, 0.1) is 12.7 Å². The van der Waals surface area contributed by atoms with Crippen molar-refractivity contribution in [1.82, 2.24) is 0 Å². The van der Waals surface area contributed by atoms with Crippen LogP contribution in [-0.2, 0) is 0 Å². The molecule has 0 saturated carbocycles. The Morgan fingerprint density at radius 1 is 1.33 bits per heavy atom. The molecule has 15 heavy (non-hydrogen) atoms. The molecule has 1 aromatic carbocycles. The Hall–Kier alpha value is -1.52. The van der Waals surface area contributed by atoms with Crippen LogP contribution in [0.2, 0.25) is 0 Å². The normalized spacial score (nSPS) is 11.3. The van der Waals surface area contributed by atoms with Crippen LogP contribution in [0.3, 0.4) is 0 Å². The zero-order valence-electron chi connectivity index (χ0n) is 8.18. The van der Waals surface area contributed by atoms with Crippen molar-refractivity contribution in [2.24, 2.45) is 0 Å². The predicted molar refractivity (Wildman–Crippen MR) is 48.1 cm³/mol. The lowest BCUT2D eigenvalue weighted by Crippen LogP contribution is -2.23. The summed E-state index contributed by atoms with van der Waals surface area (Å²) in [7, 11) is 1.23. The van der Waals surface area contributed by atoms with E-state index in [1.54, 1.807) is 13.0 Å². The van der Waals surface area contributed by atoms with Gasteiger partial charge in [0.2, 0.25) is 0 Å². The highest BCUT2D eigenvalue weighted by atomic mass is 19.4. The van der Waals surface area contributed by atoms with Crippen molar-refractivity contribution in [2.75, 3.05) is 7.11 Å². The van der Waals surface area contributed by atoms with Gasteiger partial charge in [-0.1, -0.05) is 12.1 Å². The molecular formula is C10H9F3O2. The molecule has 1 rings (SSSR count). The molecule has 0 heterocycles. The first-order valence-corrected chi connectivity index (χ1v) is 4.13. The number of carbonyl (C=O) groups excluding carboxylic acids is 1. The van der Waals surface area contributed by atoms with Gasteiger partial charge in [-0.2, -0.15) is 13.2 Å². The summed E-state index contributed by atoms with van der Waals surface area (Å²) in [4.78, 5) is 11.0. The number of hydrogen-bond acceptors (Lipinski definition) is 2. The third-order valence-electron chi connectivity index (χ3n) is 1.92. The lowest BCUT2D eigenvalue weighted by Gasteiger charge is -2.11. The Morgan fingerprint density at radius 2 is 1.93 bits per heavy atom. The first kappa shape index (κ1) is 11.6. The average molecular weight is 218 g/mol. The molecule has 0 atom stereocenters. The summed E-state index contributed by atoms with van der Waals surface area (Å²) in [5.74, 6) is -1.91. The molecule has 0 aromatic heterocycles. The van der Waals surface area contributed by atoms with Crippen LogP contribution in [0.25, 0.3) is 0 Å². The minimum atomic E-state index is -4.87. The van der Waals surface area contributed by atoms with Crippen LogP contribution in [0.15, 0.2) is 18.2 Å². The standard InChI is InChI=1S/C10H9F3O2/c1-6-4-3-5-7(8(6)15-2)9(14)10(11,12)13/h3-5H,1-2H3. The molecule has 0 saturated heterocycles. The van der Waals surface area contributed by atoms with Gasteiger partial charge >= 0.3 is 6.18 Å². The minimum Gasteiger partial charge on any atom is -0.496 e. The minimum absolute atomic E-state index is 0.0279. The van der Waals surface area contributed by atoms with E-state index in [1.807, 2.05) is 0 Å². The highest BCUT2D eigenvalue weighted by Gasteiger charge is 2.40. The van der Waals surface area contributed by atoms with Gasteiger partial charge in [0.1, 0.15) is 5.75 Å². The van der Waals surface area contributed by atoms with Crippen LogP contribution in [0.4, 0.5) is 13.2 Å². The van der Waals surface area contributed by atoms with E-state index in [1.165, 1.54) is 13.2 Å². The first-order valence-electron chi connectivity index (χ1n) is 4.13. The summed E-state index contributed by atoms with van der Waals surface area (Å²) in [5.41, 5.74) is 0.0394.